The quantitative estimate of drug-likeness (QED) is 0.741. The van der Waals surface area contributed by atoms with Gasteiger partial charge >= 0.3 is 0 Å². The molecule has 0 amide bonds. The Kier molecular flexibility index (Phi) is 5.58. The maximum Gasteiger partial charge on any atom is 0.242 e. The van der Waals surface area contributed by atoms with E-state index >= 15 is 0 Å². The molecule has 0 saturated heterocycles. The molecule has 0 radical (unpaired) electrons. The number of hydrogen-bond donors (Lipinski definition) is 2. The molecule has 1 aromatic carbocycles. The van der Waals surface area contributed by atoms with Gasteiger partial charge < -0.3 is 15.2 Å². The van der Waals surface area contributed by atoms with Gasteiger partial charge in [0.05, 0.1) is 24.9 Å². The maximum atomic E-state index is 12.2. The molecule has 0 fully saturated rings. The summed E-state index contributed by atoms with van der Waals surface area (Å²) in [7, 11) is -0.708. The summed E-state index contributed by atoms with van der Waals surface area (Å²) in [5, 5.41) is -0.911. The molecular weight excluding hydrogens is 300 g/mol. The minimum atomic E-state index is -3.68. The fourth-order valence-corrected chi connectivity index (χ4v) is 3.60. The van der Waals surface area contributed by atoms with Crippen LogP contribution in [0.2, 0.25) is 0 Å². The van der Waals surface area contributed by atoms with Crippen LogP contribution in [0.1, 0.15) is 13.3 Å². The molecule has 0 aliphatic carbocycles. The summed E-state index contributed by atoms with van der Waals surface area (Å²) in [6, 6.07) is 4.71. The second-order valence-electron chi connectivity index (χ2n) is 4.02. The minimum absolute atomic E-state index is 0.0551. The van der Waals surface area contributed by atoms with Gasteiger partial charge in [-0.3, -0.25) is 4.72 Å². The summed E-state index contributed by atoms with van der Waals surface area (Å²) in [5.41, 5.74) is 5.81. The van der Waals surface area contributed by atoms with Crippen LogP contribution in [0.25, 0.3) is 0 Å². The molecule has 0 spiro atoms. The number of ether oxygens (including phenoxy) is 2. The van der Waals surface area contributed by atoms with Crippen LogP contribution in [0.5, 0.6) is 11.5 Å². The number of thiocarbonyl (C=S) groups is 1. The molecule has 20 heavy (non-hydrogen) atoms. The molecule has 0 aromatic heterocycles. The summed E-state index contributed by atoms with van der Waals surface area (Å²) in [5.74, 6) is 0.938. The molecule has 6 nitrogen and oxygen atoms in total. The Bertz CT molecular complexity index is 587. The third-order valence-corrected chi connectivity index (χ3v) is 5.00. The Hall–Kier alpha value is -1.54. The van der Waals surface area contributed by atoms with E-state index in [0.717, 1.165) is 0 Å². The average Bonchev–Trinajstić information content (AvgIpc) is 2.37. The van der Waals surface area contributed by atoms with Crippen molar-refractivity contribution in [2.75, 3.05) is 18.9 Å². The number of sulfonamides is 1. The van der Waals surface area contributed by atoms with Crippen LogP contribution in [0.3, 0.4) is 0 Å². The molecule has 1 atom stereocenters. The first kappa shape index (κ1) is 16.5. The Balaban J connectivity index is 3.06. The number of hydrogen-bond acceptors (Lipinski definition) is 5. The number of methoxy groups -OCH3 is 2. The van der Waals surface area contributed by atoms with Crippen molar-refractivity contribution in [3.05, 3.63) is 18.2 Å². The maximum absolute atomic E-state index is 12.2. The summed E-state index contributed by atoms with van der Waals surface area (Å²) in [6.07, 6.45) is 0.304. The van der Waals surface area contributed by atoms with Crippen LogP contribution in [0.15, 0.2) is 18.2 Å². The second-order valence-corrected chi connectivity index (χ2v) is 6.35. The van der Waals surface area contributed by atoms with Crippen molar-refractivity contribution in [1.82, 2.24) is 0 Å². The Labute approximate surface area is 124 Å². The molecule has 1 unspecified atom stereocenters. The highest BCUT2D eigenvalue weighted by molar-refractivity contribution is 7.95. The van der Waals surface area contributed by atoms with E-state index in [-0.39, 0.29) is 4.99 Å². The molecule has 0 aliphatic heterocycles. The van der Waals surface area contributed by atoms with Gasteiger partial charge in [-0.2, -0.15) is 0 Å². The average molecular weight is 318 g/mol. The second kappa shape index (κ2) is 6.76. The van der Waals surface area contributed by atoms with Crippen LogP contribution in [-0.4, -0.2) is 32.9 Å². The predicted molar refractivity (Wildman–Crippen MR) is 83.0 cm³/mol. The summed E-state index contributed by atoms with van der Waals surface area (Å²) < 4.78 is 37.0. The Morgan fingerprint density at radius 2 is 1.95 bits per heavy atom. The molecule has 1 rings (SSSR count). The SMILES string of the molecule is CCC(C(N)=S)S(=O)(=O)Nc1ccc(OC)c(OC)c1. The zero-order chi connectivity index (χ0) is 15.3. The number of nitrogens with two attached hydrogens (primary N) is 1. The third-order valence-electron chi connectivity index (χ3n) is 2.71. The number of anilines is 1. The van der Waals surface area contributed by atoms with Gasteiger partial charge in [-0.25, -0.2) is 8.42 Å². The summed E-state index contributed by atoms with van der Waals surface area (Å²) in [6.45, 7) is 1.71. The van der Waals surface area contributed by atoms with Gasteiger partial charge in [0.1, 0.15) is 5.25 Å². The lowest BCUT2D eigenvalue weighted by Crippen LogP contribution is -2.37. The molecule has 8 heteroatoms. The van der Waals surface area contributed by atoms with Crippen molar-refractivity contribution >= 4 is 32.9 Å². The molecule has 0 aliphatic rings. The van der Waals surface area contributed by atoms with Crippen molar-refractivity contribution < 1.29 is 17.9 Å². The van der Waals surface area contributed by atoms with Crippen molar-refractivity contribution in [2.45, 2.75) is 18.6 Å². The predicted octanol–water partition coefficient (Wildman–Crippen LogP) is 1.51. The molecular formula is C12H18N2O4S2. The van der Waals surface area contributed by atoms with Gasteiger partial charge in [-0.05, 0) is 18.6 Å². The van der Waals surface area contributed by atoms with Gasteiger partial charge in [0.2, 0.25) is 10.0 Å². The smallest absolute Gasteiger partial charge is 0.242 e. The zero-order valence-electron chi connectivity index (χ0n) is 11.5. The lowest BCUT2D eigenvalue weighted by atomic mass is 10.3. The molecule has 0 heterocycles. The lowest BCUT2D eigenvalue weighted by molar-refractivity contribution is 0.355. The Morgan fingerprint density at radius 1 is 1.35 bits per heavy atom. The molecule has 1 aromatic rings. The first-order chi connectivity index (χ1) is 9.35. The summed E-state index contributed by atoms with van der Waals surface area (Å²) >= 11 is 4.78. The van der Waals surface area contributed by atoms with Crippen LogP contribution < -0.4 is 19.9 Å². The normalized spacial score (nSPS) is 12.6. The lowest BCUT2D eigenvalue weighted by Gasteiger charge is -2.17. The van der Waals surface area contributed by atoms with Gasteiger partial charge in [-0.15, -0.1) is 0 Å². The highest BCUT2D eigenvalue weighted by atomic mass is 32.2. The van der Waals surface area contributed by atoms with Crippen molar-refractivity contribution in [3.63, 3.8) is 0 Å². The van der Waals surface area contributed by atoms with Crippen LogP contribution in [0.4, 0.5) is 5.69 Å². The fourth-order valence-electron chi connectivity index (χ4n) is 1.71. The van der Waals surface area contributed by atoms with Gasteiger partial charge in [-0.1, -0.05) is 19.1 Å². The first-order valence-electron chi connectivity index (χ1n) is 5.88. The summed E-state index contributed by atoms with van der Waals surface area (Å²) in [4.78, 5) is -0.0551. The van der Waals surface area contributed by atoms with Gasteiger partial charge in [0, 0.05) is 6.07 Å². The van der Waals surface area contributed by atoms with E-state index in [1.807, 2.05) is 0 Å². The zero-order valence-corrected chi connectivity index (χ0v) is 13.2. The van der Waals surface area contributed by atoms with E-state index in [1.54, 1.807) is 19.1 Å². The minimum Gasteiger partial charge on any atom is -0.493 e. The largest absolute Gasteiger partial charge is 0.493 e. The van der Waals surface area contributed by atoms with E-state index in [9.17, 15) is 8.42 Å². The van der Waals surface area contributed by atoms with E-state index < -0.39 is 15.3 Å². The highest BCUT2D eigenvalue weighted by Gasteiger charge is 2.26. The van der Waals surface area contributed by atoms with E-state index in [4.69, 9.17) is 27.4 Å². The van der Waals surface area contributed by atoms with Crippen molar-refractivity contribution in [1.29, 1.82) is 0 Å². The topological polar surface area (TPSA) is 90.7 Å². The van der Waals surface area contributed by atoms with Crippen molar-refractivity contribution in [2.24, 2.45) is 5.73 Å². The molecule has 3 N–H and O–H groups in total. The highest BCUT2D eigenvalue weighted by Crippen LogP contribution is 2.30. The molecule has 112 valence electrons. The van der Waals surface area contributed by atoms with Crippen LogP contribution in [-0.2, 0) is 10.0 Å². The standard InChI is InChI=1S/C12H18N2O4S2/c1-4-11(12(13)19)20(15,16)14-8-5-6-9(17-2)10(7-8)18-3/h5-7,11,14H,4H2,1-3H3,(H2,13,19). The van der Waals surface area contributed by atoms with E-state index in [1.165, 1.54) is 20.3 Å². The van der Waals surface area contributed by atoms with Crippen molar-refractivity contribution in [3.8, 4) is 11.5 Å². The van der Waals surface area contributed by atoms with Gasteiger partial charge in [0.15, 0.2) is 11.5 Å². The van der Waals surface area contributed by atoms with Gasteiger partial charge in [0.25, 0.3) is 0 Å². The van der Waals surface area contributed by atoms with E-state index in [0.29, 0.717) is 23.6 Å². The molecule has 0 bridgehead atoms. The number of rotatable bonds is 7. The van der Waals surface area contributed by atoms with Crippen LogP contribution in [0, 0.1) is 0 Å². The third kappa shape index (κ3) is 3.73. The van der Waals surface area contributed by atoms with Crippen LogP contribution >= 0.6 is 12.2 Å². The van der Waals surface area contributed by atoms with E-state index in [2.05, 4.69) is 4.72 Å². The Morgan fingerprint density at radius 3 is 2.40 bits per heavy atom. The fraction of sp³-hybridized carbons (Fsp3) is 0.417. The first-order valence-corrected chi connectivity index (χ1v) is 7.84. The number of benzene rings is 1. The number of nitrogens with one attached hydrogen (secondary N) is 1. The molecule has 0 saturated carbocycles. The monoisotopic (exact) mass is 318 g/mol.